The molecule has 2 heterocycles. The van der Waals surface area contributed by atoms with E-state index >= 15 is 0 Å². The number of nitrogens with zero attached hydrogens (tertiary/aromatic N) is 1. The molecule has 0 spiro atoms. The van der Waals surface area contributed by atoms with Crippen molar-refractivity contribution in [3.8, 4) is 0 Å². The van der Waals surface area contributed by atoms with E-state index in [4.69, 9.17) is 0 Å². The SMILES string of the molecule is CC1(c2ccccc2)CN(CCc2ccsc2)CCCN1. The number of benzene rings is 1. The zero-order chi connectivity index (χ0) is 14.5. The van der Waals surface area contributed by atoms with Crippen LogP contribution in [-0.2, 0) is 12.0 Å². The van der Waals surface area contributed by atoms with E-state index in [0.29, 0.717) is 0 Å². The van der Waals surface area contributed by atoms with E-state index in [1.54, 1.807) is 11.3 Å². The van der Waals surface area contributed by atoms with Crippen LogP contribution >= 0.6 is 11.3 Å². The average molecular weight is 300 g/mol. The molecule has 0 radical (unpaired) electrons. The summed E-state index contributed by atoms with van der Waals surface area (Å²) in [5.41, 5.74) is 2.93. The Bertz CT molecular complexity index is 538. The molecule has 112 valence electrons. The molecular weight excluding hydrogens is 276 g/mol. The zero-order valence-electron chi connectivity index (χ0n) is 12.7. The summed E-state index contributed by atoms with van der Waals surface area (Å²) in [6.45, 7) is 6.87. The smallest absolute Gasteiger partial charge is 0.0534 e. The Morgan fingerprint density at radius 2 is 2.10 bits per heavy atom. The minimum Gasteiger partial charge on any atom is -0.307 e. The third-order valence-corrected chi connectivity index (χ3v) is 5.15. The molecule has 0 bridgehead atoms. The van der Waals surface area contributed by atoms with Gasteiger partial charge in [0.05, 0.1) is 5.54 Å². The highest BCUT2D eigenvalue weighted by molar-refractivity contribution is 7.07. The summed E-state index contributed by atoms with van der Waals surface area (Å²) >= 11 is 1.80. The van der Waals surface area contributed by atoms with Gasteiger partial charge in [0.2, 0.25) is 0 Å². The molecule has 1 atom stereocenters. The molecule has 21 heavy (non-hydrogen) atoms. The molecule has 1 N–H and O–H groups in total. The molecule has 3 rings (SSSR count). The summed E-state index contributed by atoms with van der Waals surface area (Å²) in [7, 11) is 0. The van der Waals surface area contributed by atoms with Gasteiger partial charge in [-0.05, 0) is 60.8 Å². The number of thiophene rings is 1. The Morgan fingerprint density at radius 1 is 1.24 bits per heavy atom. The molecule has 1 aliphatic heterocycles. The van der Waals surface area contributed by atoms with E-state index < -0.39 is 0 Å². The highest BCUT2D eigenvalue weighted by Gasteiger charge is 2.30. The van der Waals surface area contributed by atoms with E-state index in [2.05, 4.69) is 64.3 Å². The fourth-order valence-electron chi connectivity index (χ4n) is 3.16. The fraction of sp³-hybridized carbons (Fsp3) is 0.444. The molecule has 1 aromatic carbocycles. The molecule has 2 nitrogen and oxygen atoms in total. The van der Waals surface area contributed by atoms with Gasteiger partial charge in [0.15, 0.2) is 0 Å². The highest BCUT2D eigenvalue weighted by atomic mass is 32.1. The summed E-state index contributed by atoms with van der Waals surface area (Å²) in [5.74, 6) is 0. The van der Waals surface area contributed by atoms with Crippen LogP contribution in [0.5, 0.6) is 0 Å². The van der Waals surface area contributed by atoms with Gasteiger partial charge < -0.3 is 10.2 Å². The average Bonchev–Trinajstić information content (AvgIpc) is 2.96. The maximum atomic E-state index is 3.76. The van der Waals surface area contributed by atoms with E-state index in [1.807, 2.05) is 0 Å². The van der Waals surface area contributed by atoms with Crippen LogP contribution in [0.2, 0.25) is 0 Å². The van der Waals surface area contributed by atoms with Crippen LogP contribution in [0.4, 0.5) is 0 Å². The van der Waals surface area contributed by atoms with E-state index in [0.717, 1.165) is 26.1 Å². The molecule has 0 aliphatic carbocycles. The van der Waals surface area contributed by atoms with Crippen LogP contribution < -0.4 is 5.32 Å². The lowest BCUT2D eigenvalue weighted by atomic mass is 9.91. The lowest BCUT2D eigenvalue weighted by Crippen LogP contribution is -2.46. The molecule has 2 aromatic rings. The number of hydrogen-bond donors (Lipinski definition) is 1. The summed E-state index contributed by atoms with van der Waals surface area (Å²) in [5, 5.41) is 8.20. The molecule has 1 aliphatic rings. The van der Waals surface area contributed by atoms with Gasteiger partial charge in [-0.15, -0.1) is 0 Å². The van der Waals surface area contributed by atoms with Gasteiger partial charge in [0, 0.05) is 13.1 Å². The molecule has 3 heteroatoms. The van der Waals surface area contributed by atoms with Gasteiger partial charge in [0.1, 0.15) is 0 Å². The van der Waals surface area contributed by atoms with Crippen molar-refractivity contribution in [2.75, 3.05) is 26.2 Å². The summed E-state index contributed by atoms with van der Waals surface area (Å²) in [6, 6.07) is 13.1. The molecule has 1 aromatic heterocycles. The first kappa shape index (κ1) is 14.8. The van der Waals surface area contributed by atoms with Crippen molar-refractivity contribution in [1.29, 1.82) is 0 Å². The third-order valence-electron chi connectivity index (χ3n) is 4.41. The van der Waals surface area contributed by atoms with Crippen LogP contribution in [0.1, 0.15) is 24.5 Å². The van der Waals surface area contributed by atoms with Crippen LogP contribution in [-0.4, -0.2) is 31.1 Å². The quantitative estimate of drug-likeness (QED) is 0.929. The molecule has 1 fully saturated rings. The molecule has 0 amide bonds. The molecule has 1 unspecified atom stereocenters. The second-order valence-electron chi connectivity index (χ2n) is 6.14. The van der Waals surface area contributed by atoms with Crippen molar-refractivity contribution in [2.45, 2.75) is 25.3 Å². The highest BCUT2D eigenvalue weighted by Crippen LogP contribution is 2.24. The van der Waals surface area contributed by atoms with Gasteiger partial charge in [-0.1, -0.05) is 30.3 Å². The molecule has 0 saturated carbocycles. The topological polar surface area (TPSA) is 15.3 Å². The lowest BCUT2D eigenvalue weighted by molar-refractivity contribution is 0.223. The first-order chi connectivity index (χ1) is 10.3. The maximum absolute atomic E-state index is 3.76. The van der Waals surface area contributed by atoms with Crippen LogP contribution in [0.3, 0.4) is 0 Å². The Morgan fingerprint density at radius 3 is 2.86 bits per heavy atom. The molecule has 1 saturated heterocycles. The zero-order valence-corrected chi connectivity index (χ0v) is 13.5. The largest absolute Gasteiger partial charge is 0.307 e. The summed E-state index contributed by atoms with van der Waals surface area (Å²) in [4.78, 5) is 2.62. The number of rotatable bonds is 4. The normalized spacial score (nSPS) is 23.9. The monoisotopic (exact) mass is 300 g/mol. The second kappa shape index (κ2) is 6.73. The Kier molecular flexibility index (Phi) is 4.73. The van der Waals surface area contributed by atoms with Crippen molar-refractivity contribution in [1.82, 2.24) is 10.2 Å². The predicted molar refractivity (Wildman–Crippen MR) is 90.9 cm³/mol. The van der Waals surface area contributed by atoms with E-state index in [1.165, 1.54) is 24.1 Å². The van der Waals surface area contributed by atoms with E-state index in [-0.39, 0.29) is 5.54 Å². The van der Waals surface area contributed by atoms with Crippen molar-refractivity contribution < 1.29 is 0 Å². The van der Waals surface area contributed by atoms with Crippen LogP contribution in [0.25, 0.3) is 0 Å². The number of hydrogen-bond acceptors (Lipinski definition) is 3. The van der Waals surface area contributed by atoms with Gasteiger partial charge in [-0.25, -0.2) is 0 Å². The second-order valence-corrected chi connectivity index (χ2v) is 6.92. The van der Waals surface area contributed by atoms with Crippen molar-refractivity contribution in [3.05, 3.63) is 58.3 Å². The molecular formula is C18H24N2S. The van der Waals surface area contributed by atoms with Crippen molar-refractivity contribution in [2.24, 2.45) is 0 Å². The minimum atomic E-state index is 0.0619. The summed E-state index contributed by atoms with van der Waals surface area (Å²) < 4.78 is 0. The lowest BCUT2D eigenvalue weighted by Gasteiger charge is -2.34. The first-order valence-electron chi connectivity index (χ1n) is 7.80. The fourth-order valence-corrected chi connectivity index (χ4v) is 3.86. The van der Waals surface area contributed by atoms with Gasteiger partial charge in [-0.2, -0.15) is 11.3 Å². The van der Waals surface area contributed by atoms with Crippen LogP contribution in [0, 0.1) is 0 Å². The third kappa shape index (κ3) is 3.73. The first-order valence-corrected chi connectivity index (χ1v) is 8.74. The number of nitrogens with one attached hydrogen (secondary N) is 1. The standard InChI is InChI=1S/C18H24N2S/c1-18(17-6-3-2-4-7-17)15-20(11-5-10-19-18)12-8-16-9-13-21-14-16/h2-4,6-7,9,13-14,19H,5,8,10-12,15H2,1H3. The summed E-state index contributed by atoms with van der Waals surface area (Å²) in [6.07, 6.45) is 2.39. The maximum Gasteiger partial charge on any atom is 0.0534 e. The minimum absolute atomic E-state index is 0.0619. The van der Waals surface area contributed by atoms with E-state index in [9.17, 15) is 0 Å². The van der Waals surface area contributed by atoms with Gasteiger partial charge in [-0.3, -0.25) is 0 Å². The Labute approximate surface area is 131 Å². The van der Waals surface area contributed by atoms with Crippen molar-refractivity contribution in [3.63, 3.8) is 0 Å². The predicted octanol–water partition coefficient (Wildman–Crippen LogP) is 3.50. The van der Waals surface area contributed by atoms with Crippen LogP contribution in [0.15, 0.2) is 47.2 Å². The van der Waals surface area contributed by atoms with Crippen molar-refractivity contribution >= 4 is 11.3 Å². The van der Waals surface area contributed by atoms with Gasteiger partial charge in [0.25, 0.3) is 0 Å². The Hall–Kier alpha value is -1.16. The van der Waals surface area contributed by atoms with Gasteiger partial charge >= 0.3 is 0 Å². The Balaban J connectivity index is 1.68.